The van der Waals surface area contributed by atoms with Crippen LogP contribution in [-0.4, -0.2) is 26.7 Å². The lowest BCUT2D eigenvalue weighted by Gasteiger charge is -2.23. The van der Waals surface area contributed by atoms with E-state index in [0.29, 0.717) is 16.6 Å². The lowest BCUT2D eigenvalue weighted by molar-refractivity contribution is 0.213. The molecule has 0 bridgehead atoms. The molecule has 0 spiro atoms. The second-order valence-electron chi connectivity index (χ2n) is 5.15. The van der Waals surface area contributed by atoms with Crippen molar-refractivity contribution >= 4 is 31.6 Å². The highest BCUT2D eigenvalue weighted by Crippen LogP contribution is 2.24. The van der Waals surface area contributed by atoms with Gasteiger partial charge in [0.05, 0.1) is 4.90 Å². The molecule has 0 aliphatic carbocycles. The van der Waals surface area contributed by atoms with Crippen molar-refractivity contribution in [3.8, 4) is 0 Å². The third-order valence-corrected chi connectivity index (χ3v) is 4.90. The Morgan fingerprint density at radius 2 is 2.05 bits per heavy atom. The van der Waals surface area contributed by atoms with Crippen LogP contribution in [0.5, 0.6) is 0 Å². The highest BCUT2D eigenvalue weighted by molar-refractivity contribution is 9.10. The van der Waals surface area contributed by atoms with Crippen LogP contribution in [-0.2, 0) is 10.0 Å². The monoisotopic (exact) mass is 350 g/mol. The van der Waals surface area contributed by atoms with Gasteiger partial charge in [-0.3, -0.25) is 0 Å². The number of aliphatic hydroxyl groups excluding tert-OH is 1. The first-order valence-corrected chi connectivity index (χ1v) is 8.11. The maximum absolute atomic E-state index is 12.1. The Hall–Kier alpha value is -0.630. The van der Waals surface area contributed by atoms with Gasteiger partial charge in [-0.2, -0.15) is 0 Å². The molecule has 19 heavy (non-hydrogen) atoms. The van der Waals surface area contributed by atoms with Crippen molar-refractivity contribution in [2.45, 2.75) is 25.2 Å². The van der Waals surface area contributed by atoms with Crippen LogP contribution in [0.4, 0.5) is 5.69 Å². The van der Waals surface area contributed by atoms with E-state index in [0.717, 1.165) is 0 Å². The maximum Gasteiger partial charge on any atom is 0.240 e. The van der Waals surface area contributed by atoms with E-state index in [1.807, 2.05) is 13.8 Å². The van der Waals surface area contributed by atoms with Crippen molar-refractivity contribution in [2.75, 3.05) is 18.9 Å². The number of hydrogen-bond donors (Lipinski definition) is 3. The fourth-order valence-electron chi connectivity index (χ4n) is 1.44. The molecule has 7 heteroatoms. The summed E-state index contributed by atoms with van der Waals surface area (Å²) in [6.07, 6.45) is 0.529. The minimum Gasteiger partial charge on any atom is -0.398 e. The van der Waals surface area contributed by atoms with E-state index < -0.39 is 10.0 Å². The molecule has 0 radical (unpaired) electrons. The van der Waals surface area contributed by atoms with E-state index in [2.05, 4.69) is 20.7 Å². The van der Waals surface area contributed by atoms with Crippen molar-refractivity contribution in [1.82, 2.24) is 4.72 Å². The Kier molecular flexibility index (Phi) is 5.37. The van der Waals surface area contributed by atoms with E-state index in [1.54, 1.807) is 0 Å². The molecule has 0 atom stereocenters. The lowest BCUT2D eigenvalue weighted by Crippen LogP contribution is -2.34. The van der Waals surface area contributed by atoms with Gasteiger partial charge >= 0.3 is 0 Å². The first-order valence-electron chi connectivity index (χ1n) is 5.83. The van der Waals surface area contributed by atoms with E-state index >= 15 is 0 Å². The third-order valence-electron chi connectivity index (χ3n) is 2.81. The molecular weight excluding hydrogens is 332 g/mol. The zero-order valence-corrected chi connectivity index (χ0v) is 13.4. The van der Waals surface area contributed by atoms with Gasteiger partial charge in [0.2, 0.25) is 10.0 Å². The Labute approximate surface area is 122 Å². The summed E-state index contributed by atoms with van der Waals surface area (Å²) in [6, 6.07) is 4.47. The van der Waals surface area contributed by atoms with Gasteiger partial charge in [0.15, 0.2) is 0 Å². The number of nitrogens with one attached hydrogen (secondary N) is 1. The molecular formula is C12H19BrN2O3S. The maximum atomic E-state index is 12.1. The van der Waals surface area contributed by atoms with Crippen LogP contribution < -0.4 is 10.5 Å². The normalized spacial score (nSPS) is 12.6. The van der Waals surface area contributed by atoms with Gasteiger partial charge in [0.25, 0.3) is 0 Å². The molecule has 0 unspecified atom stereocenters. The quantitative estimate of drug-likeness (QED) is 0.681. The zero-order valence-electron chi connectivity index (χ0n) is 11.0. The van der Waals surface area contributed by atoms with E-state index in [4.69, 9.17) is 10.8 Å². The summed E-state index contributed by atoms with van der Waals surface area (Å²) in [7, 11) is -3.57. The molecule has 108 valence electrons. The predicted octanol–water partition coefficient (Wildman–Crippen LogP) is 1.72. The van der Waals surface area contributed by atoms with Crippen molar-refractivity contribution in [2.24, 2.45) is 5.41 Å². The fourth-order valence-corrected chi connectivity index (χ4v) is 3.24. The number of nitrogens with two attached hydrogens (primary N) is 1. The second-order valence-corrected chi connectivity index (χ2v) is 7.77. The fraction of sp³-hybridized carbons (Fsp3) is 0.500. The summed E-state index contributed by atoms with van der Waals surface area (Å²) >= 11 is 3.20. The summed E-state index contributed by atoms with van der Waals surface area (Å²) in [5.41, 5.74) is 5.81. The van der Waals surface area contributed by atoms with Gasteiger partial charge in [-0.05, 0) is 46.0 Å². The Morgan fingerprint density at radius 1 is 1.42 bits per heavy atom. The minimum absolute atomic E-state index is 0.0299. The minimum atomic E-state index is -3.57. The summed E-state index contributed by atoms with van der Waals surface area (Å²) in [5, 5.41) is 8.92. The SMILES string of the molecule is CC(C)(CCO)CNS(=O)(=O)c1ccc(N)c(Br)c1. The number of aliphatic hydroxyl groups is 1. The number of rotatable bonds is 6. The number of hydrogen-bond acceptors (Lipinski definition) is 4. The Morgan fingerprint density at radius 3 is 2.58 bits per heavy atom. The van der Waals surface area contributed by atoms with Crippen molar-refractivity contribution in [3.63, 3.8) is 0 Å². The standard InChI is InChI=1S/C12H19BrN2O3S/c1-12(2,5-6-16)8-15-19(17,18)9-3-4-11(14)10(13)7-9/h3-4,7,15-16H,5-6,8,14H2,1-2H3. The number of nitrogen functional groups attached to an aromatic ring is 1. The number of sulfonamides is 1. The number of anilines is 1. The van der Waals surface area contributed by atoms with E-state index in [9.17, 15) is 8.42 Å². The second kappa shape index (κ2) is 6.21. The molecule has 1 rings (SSSR count). The molecule has 5 nitrogen and oxygen atoms in total. The average molecular weight is 351 g/mol. The van der Waals surface area contributed by atoms with Gasteiger partial charge in [0, 0.05) is 23.3 Å². The summed E-state index contributed by atoms with van der Waals surface area (Å²) < 4.78 is 27.3. The molecule has 0 saturated heterocycles. The highest BCUT2D eigenvalue weighted by Gasteiger charge is 2.22. The van der Waals surface area contributed by atoms with Crippen LogP contribution in [0.1, 0.15) is 20.3 Å². The van der Waals surface area contributed by atoms with E-state index in [1.165, 1.54) is 18.2 Å². The van der Waals surface area contributed by atoms with Gasteiger partial charge in [-0.1, -0.05) is 13.8 Å². The van der Waals surface area contributed by atoms with Crippen LogP contribution in [0.3, 0.4) is 0 Å². The largest absolute Gasteiger partial charge is 0.398 e. The number of benzene rings is 1. The first kappa shape index (κ1) is 16.4. The number of halogens is 1. The van der Waals surface area contributed by atoms with Crippen LogP contribution >= 0.6 is 15.9 Å². The third kappa shape index (κ3) is 4.76. The summed E-state index contributed by atoms with van der Waals surface area (Å²) in [4.78, 5) is 0.161. The molecule has 0 aromatic heterocycles. The molecule has 4 N–H and O–H groups in total. The van der Waals surface area contributed by atoms with Gasteiger partial charge < -0.3 is 10.8 Å². The Bertz CT molecular complexity index is 544. The zero-order chi connectivity index (χ0) is 14.7. The average Bonchev–Trinajstić information content (AvgIpc) is 2.30. The molecule has 0 heterocycles. The topological polar surface area (TPSA) is 92.4 Å². The molecule has 0 aliphatic heterocycles. The molecule has 0 aliphatic rings. The Balaban J connectivity index is 2.84. The highest BCUT2D eigenvalue weighted by atomic mass is 79.9. The van der Waals surface area contributed by atoms with Gasteiger partial charge in [-0.25, -0.2) is 13.1 Å². The summed E-state index contributed by atoms with van der Waals surface area (Å²) in [5.74, 6) is 0. The van der Waals surface area contributed by atoms with Crippen molar-refractivity contribution in [3.05, 3.63) is 22.7 Å². The van der Waals surface area contributed by atoms with Crippen molar-refractivity contribution < 1.29 is 13.5 Å². The van der Waals surface area contributed by atoms with Crippen molar-refractivity contribution in [1.29, 1.82) is 0 Å². The molecule has 0 amide bonds. The molecule has 0 fully saturated rings. The van der Waals surface area contributed by atoms with Crippen LogP contribution in [0.25, 0.3) is 0 Å². The molecule has 1 aromatic carbocycles. The smallest absolute Gasteiger partial charge is 0.240 e. The van der Waals surface area contributed by atoms with Crippen LogP contribution in [0.2, 0.25) is 0 Å². The van der Waals surface area contributed by atoms with E-state index in [-0.39, 0.29) is 23.5 Å². The molecule has 0 saturated carbocycles. The van der Waals surface area contributed by atoms with Crippen LogP contribution in [0, 0.1) is 5.41 Å². The van der Waals surface area contributed by atoms with Crippen LogP contribution in [0.15, 0.2) is 27.6 Å². The van der Waals surface area contributed by atoms with Gasteiger partial charge in [-0.15, -0.1) is 0 Å². The molecule has 1 aromatic rings. The predicted molar refractivity (Wildman–Crippen MR) is 79.2 cm³/mol. The first-order chi connectivity index (χ1) is 8.68. The summed E-state index contributed by atoms with van der Waals surface area (Å²) in [6.45, 7) is 4.08. The van der Waals surface area contributed by atoms with Gasteiger partial charge in [0.1, 0.15) is 0 Å². The lowest BCUT2D eigenvalue weighted by atomic mass is 9.90.